The van der Waals surface area contributed by atoms with Crippen molar-refractivity contribution >= 4 is 0 Å². The summed E-state index contributed by atoms with van der Waals surface area (Å²) in [6.07, 6.45) is 1.64. The number of hydrogen-bond acceptors (Lipinski definition) is 2. The molecule has 0 saturated carbocycles. The van der Waals surface area contributed by atoms with Crippen molar-refractivity contribution in [3.63, 3.8) is 0 Å². The Kier molecular flexibility index (Phi) is 5.34. The van der Waals surface area contributed by atoms with E-state index >= 15 is 0 Å². The zero-order valence-corrected chi connectivity index (χ0v) is 12.6. The molecule has 0 aliphatic rings. The smallest absolute Gasteiger partial charge is 0.130 e. The molecule has 1 atom stereocenters. The third-order valence-corrected chi connectivity index (χ3v) is 3.72. The largest absolute Gasteiger partial charge is 0.457 e. The van der Waals surface area contributed by atoms with Crippen LogP contribution in [-0.2, 0) is 6.42 Å². The molecular weight excluding hydrogens is 265 g/mol. The van der Waals surface area contributed by atoms with Crippen LogP contribution in [0.15, 0.2) is 42.5 Å². The van der Waals surface area contributed by atoms with Gasteiger partial charge in [0.25, 0.3) is 0 Å². The zero-order valence-electron chi connectivity index (χ0n) is 12.6. The Morgan fingerprint density at radius 2 is 1.90 bits per heavy atom. The highest BCUT2D eigenvalue weighted by Gasteiger charge is 2.12. The van der Waals surface area contributed by atoms with Gasteiger partial charge in [-0.05, 0) is 60.7 Å². The van der Waals surface area contributed by atoms with Gasteiger partial charge < -0.3 is 10.5 Å². The molecule has 1 unspecified atom stereocenters. The van der Waals surface area contributed by atoms with Gasteiger partial charge in [0.1, 0.15) is 17.3 Å². The monoisotopic (exact) mass is 287 g/mol. The highest BCUT2D eigenvalue weighted by molar-refractivity contribution is 5.43. The van der Waals surface area contributed by atoms with Gasteiger partial charge in [0, 0.05) is 0 Å². The second kappa shape index (κ2) is 7.23. The maximum Gasteiger partial charge on any atom is 0.130 e. The van der Waals surface area contributed by atoms with E-state index in [9.17, 15) is 4.39 Å². The van der Waals surface area contributed by atoms with Crippen LogP contribution in [0.1, 0.15) is 37.3 Å². The van der Waals surface area contributed by atoms with E-state index in [1.807, 2.05) is 18.2 Å². The second-order valence-corrected chi connectivity index (χ2v) is 5.24. The van der Waals surface area contributed by atoms with Gasteiger partial charge in [-0.3, -0.25) is 0 Å². The summed E-state index contributed by atoms with van der Waals surface area (Å²) >= 11 is 0. The molecule has 0 saturated heterocycles. The number of para-hydroxylation sites is 1. The highest BCUT2D eigenvalue weighted by Crippen LogP contribution is 2.33. The van der Waals surface area contributed by atoms with Crippen LogP contribution in [0.3, 0.4) is 0 Å². The molecule has 2 aromatic rings. The molecule has 3 heteroatoms. The fraction of sp³-hybridized carbons (Fsp3) is 0.333. The molecule has 0 aliphatic carbocycles. The van der Waals surface area contributed by atoms with Gasteiger partial charge >= 0.3 is 0 Å². The molecule has 2 nitrogen and oxygen atoms in total. The van der Waals surface area contributed by atoms with Crippen LogP contribution in [0, 0.1) is 5.82 Å². The average Bonchev–Trinajstić information content (AvgIpc) is 2.50. The molecule has 0 radical (unpaired) electrons. The minimum absolute atomic E-state index is 0.263. The van der Waals surface area contributed by atoms with Gasteiger partial charge in [-0.25, -0.2) is 4.39 Å². The lowest BCUT2D eigenvalue weighted by Gasteiger charge is -2.17. The molecule has 0 amide bonds. The van der Waals surface area contributed by atoms with E-state index in [0.717, 1.165) is 17.7 Å². The first-order valence-corrected chi connectivity index (χ1v) is 7.41. The van der Waals surface area contributed by atoms with Crippen molar-refractivity contribution in [2.75, 3.05) is 6.54 Å². The lowest BCUT2D eigenvalue weighted by molar-refractivity contribution is 0.462. The first kappa shape index (κ1) is 15.5. The number of rotatable bonds is 6. The fourth-order valence-electron chi connectivity index (χ4n) is 2.32. The number of ether oxygens (including phenoxy) is 1. The number of nitrogens with two attached hydrogens (primary N) is 1. The summed E-state index contributed by atoms with van der Waals surface area (Å²) in [6.45, 7) is 4.79. The lowest BCUT2D eigenvalue weighted by Crippen LogP contribution is -2.05. The summed E-state index contributed by atoms with van der Waals surface area (Å²) in [5.41, 5.74) is 7.57. The molecule has 0 spiro atoms. The first-order chi connectivity index (χ1) is 10.2. The highest BCUT2D eigenvalue weighted by atomic mass is 19.1. The topological polar surface area (TPSA) is 35.2 Å². The van der Waals surface area contributed by atoms with E-state index in [1.54, 1.807) is 6.07 Å². The van der Waals surface area contributed by atoms with E-state index in [1.165, 1.54) is 17.7 Å². The van der Waals surface area contributed by atoms with Gasteiger partial charge in [-0.2, -0.15) is 0 Å². The van der Waals surface area contributed by atoms with Crippen molar-refractivity contribution in [2.24, 2.45) is 5.73 Å². The van der Waals surface area contributed by atoms with Crippen LogP contribution in [-0.4, -0.2) is 6.54 Å². The molecule has 21 heavy (non-hydrogen) atoms. The molecular formula is C18H22FNO. The van der Waals surface area contributed by atoms with Gasteiger partial charge in [0.05, 0.1) is 0 Å². The SMILES string of the molecule is CCC(C)c1ccccc1Oc1ccc(F)cc1CCN. The molecule has 2 aromatic carbocycles. The molecule has 2 N–H and O–H groups in total. The van der Waals surface area contributed by atoms with E-state index in [2.05, 4.69) is 19.9 Å². The second-order valence-electron chi connectivity index (χ2n) is 5.24. The number of hydrogen-bond donors (Lipinski definition) is 1. The zero-order chi connectivity index (χ0) is 15.2. The minimum Gasteiger partial charge on any atom is -0.457 e. The summed E-state index contributed by atoms with van der Waals surface area (Å²) in [4.78, 5) is 0. The van der Waals surface area contributed by atoms with Crippen LogP contribution in [0.25, 0.3) is 0 Å². The van der Waals surface area contributed by atoms with E-state index < -0.39 is 0 Å². The average molecular weight is 287 g/mol. The fourth-order valence-corrected chi connectivity index (χ4v) is 2.32. The van der Waals surface area contributed by atoms with Crippen molar-refractivity contribution in [2.45, 2.75) is 32.6 Å². The molecule has 2 rings (SSSR count). The van der Waals surface area contributed by atoms with Gasteiger partial charge in [0.15, 0.2) is 0 Å². The standard InChI is InChI=1S/C18H22FNO/c1-3-13(2)16-6-4-5-7-18(16)21-17-9-8-15(19)12-14(17)10-11-20/h4-9,12-13H,3,10-11,20H2,1-2H3. The summed E-state index contributed by atoms with van der Waals surface area (Å²) in [7, 11) is 0. The Morgan fingerprint density at radius 3 is 2.62 bits per heavy atom. The first-order valence-electron chi connectivity index (χ1n) is 7.41. The Balaban J connectivity index is 2.34. The molecule has 0 fully saturated rings. The molecule has 0 bridgehead atoms. The van der Waals surface area contributed by atoms with Crippen molar-refractivity contribution in [3.8, 4) is 11.5 Å². The summed E-state index contributed by atoms with van der Waals surface area (Å²) < 4.78 is 19.4. The third kappa shape index (κ3) is 3.82. The molecule has 0 heterocycles. The predicted octanol–water partition coefficient (Wildman–Crippen LogP) is 4.63. The third-order valence-electron chi connectivity index (χ3n) is 3.72. The van der Waals surface area contributed by atoms with Gasteiger partial charge in [-0.1, -0.05) is 32.0 Å². The predicted molar refractivity (Wildman–Crippen MR) is 84.4 cm³/mol. The maximum atomic E-state index is 13.4. The van der Waals surface area contributed by atoms with Crippen LogP contribution < -0.4 is 10.5 Å². The molecule has 112 valence electrons. The Hall–Kier alpha value is -1.87. The normalized spacial score (nSPS) is 12.2. The summed E-state index contributed by atoms with van der Waals surface area (Å²) in [5.74, 6) is 1.66. The lowest BCUT2D eigenvalue weighted by atomic mass is 9.98. The van der Waals surface area contributed by atoms with Crippen LogP contribution in [0.4, 0.5) is 4.39 Å². The van der Waals surface area contributed by atoms with Crippen molar-refractivity contribution in [1.29, 1.82) is 0 Å². The van der Waals surface area contributed by atoms with Crippen molar-refractivity contribution in [1.82, 2.24) is 0 Å². The van der Waals surface area contributed by atoms with Crippen molar-refractivity contribution < 1.29 is 9.13 Å². The van der Waals surface area contributed by atoms with Crippen LogP contribution >= 0.6 is 0 Å². The minimum atomic E-state index is -0.263. The van der Waals surface area contributed by atoms with Crippen molar-refractivity contribution in [3.05, 3.63) is 59.4 Å². The quantitative estimate of drug-likeness (QED) is 0.840. The van der Waals surface area contributed by atoms with Gasteiger partial charge in [-0.15, -0.1) is 0 Å². The van der Waals surface area contributed by atoms with Crippen LogP contribution in [0.2, 0.25) is 0 Å². The van der Waals surface area contributed by atoms with E-state index in [0.29, 0.717) is 24.6 Å². The maximum absolute atomic E-state index is 13.4. The van der Waals surface area contributed by atoms with Crippen LogP contribution in [0.5, 0.6) is 11.5 Å². The Bertz CT molecular complexity index is 598. The molecule has 0 aromatic heterocycles. The van der Waals surface area contributed by atoms with Gasteiger partial charge in [0.2, 0.25) is 0 Å². The van der Waals surface area contributed by atoms with E-state index in [4.69, 9.17) is 10.5 Å². The Labute approximate surface area is 125 Å². The summed E-state index contributed by atoms with van der Waals surface area (Å²) in [5, 5.41) is 0. The Morgan fingerprint density at radius 1 is 1.14 bits per heavy atom. The van der Waals surface area contributed by atoms with E-state index in [-0.39, 0.29) is 5.82 Å². The molecule has 0 aliphatic heterocycles. The number of benzene rings is 2. The number of halogens is 1. The summed E-state index contributed by atoms with van der Waals surface area (Å²) in [6, 6.07) is 12.6.